The van der Waals surface area contributed by atoms with Gasteiger partial charge in [-0.15, -0.1) is 6.42 Å². The second-order valence-electron chi connectivity index (χ2n) is 3.88. The van der Waals surface area contributed by atoms with E-state index < -0.39 is 5.60 Å². The number of phenolic OH excluding ortho intramolecular Hbond substituents is 1. The molecule has 18 heavy (non-hydrogen) atoms. The lowest BCUT2D eigenvalue weighted by molar-refractivity contribution is 0.142. The number of phenols is 1. The lowest BCUT2D eigenvalue weighted by Gasteiger charge is -2.24. The van der Waals surface area contributed by atoms with E-state index in [-0.39, 0.29) is 11.3 Å². The molecule has 2 N–H and O–H groups in total. The van der Waals surface area contributed by atoms with E-state index in [2.05, 4.69) is 5.92 Å². The summed E-state index contributed by atoms with van der Waals surface area (Å²) >= 11 is 5.88. The molecule has 1 unspecified atom stereocenters. The van der Waals surface area contributed by atoms with Crippen LogP contribution in [0, 0.1) is 12.3 Å². The monoisotopic (exact) mass is 258 g/mol. The maximum Gasteiger partial charge on any atom is 0.180 e. The Morgan fingerprint density at radius 1 is 1.11 bits per heavy atom. The molecule has 0 fully saturated rings. The molecule has 3 heteroatoms. The lowest BCUT2D eigenvalue weighted by atomic mass is 9.86. The molecule has 0 heterocycles. The summed E-state index contributed by atoms with van der Waals surface area (Å²) in [6.07, 6.45) is 5.44. The fraction of sp³-hybridized carbons (Fsp3) is 0.0667. The van der Waals surface area contributed by atoms with Crippen molar-refractivity contribution in [3.05, 3.63) is 64.7 Å². The minimum absolute atomic E-state index is 0.0938. The normalized spacial score (nSPS) is 13.6. The number of hydrogen-bond donors (Lipinski definition) is 2. The van der Waals surface area contributed by atoms with E-state index in [1.54, 1.807) is 24.3 Å². The molecule has 2 aromatic carbocycles. The molecule has 0 spiro atoms. The smallest absolute Gasteiger partial charge is 0.180 e. The van der Waals surface area contributed by atoms with Crippen LogP contribution < -0.4 is 0 Å². The first-order chi connectivity index (χ1) is 8.58. The van der Waals surface area contributed by atoms with Crippen molar-refractivity contribution >= 4 is 11.6 Å². The van der Waals surface area contributed by atoms with Crippen LogP contribution in [-0.4, -0.2) is 10.2 Å². The van der Waals surface area contributed by atoms with Crippen molar-refractivity contribution in [1.82, 2.24) is 0 Å². The summed E-state index contributed by atoms with van der Waals surface area (Å²) in [6, 6.07) is 13.1. The zero-order valence-electron chi connectivity index (χ0n) is 9.47. The summed E-state index contributed by atoms with van der Waals surface area (Å²) in [5.74, 6) is 2.22. The van der Waals surface area contributed by atoms with Gasteiger partial charge in [0.1, 0.15) is 5.75 Å². The molecule has 2 nitrogen and oxygen atoms in total. The largest absolute Gasteiger partial charge is 0.508 e. The molecule has 0 aliphatic rings. The van der Waals surface area contributed by atoms with Crippen molar-refractivity contribution < 1.29 is 10.2 Å². The Balaban J connectivity index is 2.65. The van der Waals surface area contributed by atoms with Crippen LogP contribution in [-0.2, 0) is 5.60 Å². The maximum atomic E-state index is 10.6. The van der Waals surface area contributed by atoms with E-state index >= 15 is 0 Å². The van der Waals surface area contributed by atoms with Crippen molar-refractivity contribution in [2.45, 2.75) is 5.60 Å². The second-order valence-corrected chi connectivity index (χ2v) is 4.32. The average Bonchev–Trinajstić information content (AvgIpc) is 2.41. The predicted octanol–water partition coefficient (Wildman–Crippen LogP) is 2.91. The minimum Gasteiger partial charge on any atom is -0.508 e. The highest BCUT2D eigenvalue weighted by Gasteiger charge is 2.32. The van der Waals surface area contributed by atoms with Crippen LogP contribution in [0.3, 0.4) is 0 Å². The van der Waals surface area contributed by atoms with Gasteiger partial charge in [0.2, 0.25) is 0 Å². The molecule has 0 aromatic heterocycles. The van der Waals surface area contributed by atoms with Gasteiger partial charge in [-0.25, -0.2) is 0 Å². The van der Waals surface area contributed by atoms with Gasteiger partial charge in [0, 0.05) is 16.1 Å². The molecular weight excluding hydrogens is 248 g/mol. The summed E-state index contributed by atoms with van der Waals surface area (Å²) in [7, 11) is 0. The third-order valence-corrected chi connectivity index (χ3v) is 2.98. The van der Waals surface area contributed by atoms with E-state index in [4.69, 9.17) is 18.0 Å². The van der Waals surface area contributed by atoms with Crippen LogP contribution in [0.25, 0.3) is 0 Å². The second kappa shape index (κ2) is 4.73. The molecule has 0 saturated heterocycles. The molecule has 90 valence electrons. The topological polar surface area (TPSA) is 40.5 Å². The van der Waals surface area contributed by atoms with E-state index in [0.29, 0.717) is 10.6 Å². The van der Waals surface area contributed by atoms with Crippen molar-refractivity contribution in [3.8, 4) is 18.1 Å². The van der Waals surface area contributed by atoms with Crippen LogP contribution in [0.5, 0.6) is 5.75 Å². The van der Waals surface area contributed by atoms with Gasteiger partial charge in [0.15, 0.2) is 5.60 Å². The fourth-order valence-corrected chi connectivity index (χ4v) is 1.97. The summed E-state index contributed by atoms with van der Waals surface area (Å²) < 4.78 is 0. The number of rotatable bonds is 2. The Morgan fingerprint density at radius 2 is 1.78 bits per heavy atom. The van der Waals surface area contributed by atoms with Crippen molar-refractivity contribution in [1.29, 1.82) is 0 Å². The van der Waals surface area contributed by atoms with Gasteiger partial charge >= 0.3 is 0 Å². The van der Waals surface area contributed by atoms with Crippen molar-refractivity contribution in [2.24, 2.45) is 0 Å². The lowest BCUT2D eigenvalue weighted by Crippen LogP contribution is -2.25. The quantitative estimate of drug-likeness (QED) is 0.813. The number of terminal acetylenes is 1. The highest BCUT2D eigenvalue weighted by molar-refractivity contribution is 6.30. The summed E-state index contributed by atoms with van der Waals surface area (Å²) in [5, 5.41) is 20.9. The maximum absolute atomic E-state index is 10.6. The van der Waals surface area contributed by atoms with Gasteiger partial charge in [-0.3, -0.25) is 0 Å². The molecule has 0 amide bonds. The van der Waals surface area contributed by atoms with Crippen LogP contribution in [0.2, 0.25) is 5.02 Å². The molecule has 0 saturated carbocycles. The van der Waals surface area contributed by atoms with Gasteiger partial charge in [0.05, 0.1) is 0 Å². The number of hydrogen-bond acceptors (Lipinski definition) is 2. The highest BCUT2D eigenvalue weighted by atomic mass is 35.5. The Labute approximate surface area is 110 Å². The first kappa shape index (κ1) is 12.5. The van der Waals surface area contributed by atoms with E-state index in [0.717, 1.165) is 0 Å². The van der Waals surface area contributed by atoms with Crippen LogP contribution in [0.1, 0.15) is 11.1 Å². The summed E-state index contributed by atoms with van der Waals surface area (Å²) in [4.78, 5) is 0. The molecule has 1 atom stereocenters. The molecule has 0 bridgehead atoms. The first-order valence-electron chi connectivity index (χ1n) is 5.32. The average molecular weight is 259 g/mol. The molecule has 0 aliphatic carbocycles. The van der Waals surface area contributed by atoms with E-state index in [9.17, 15) is 10.2 Å². The fourth-order valence-electron chi connectivity index (χ4n) is 1.79. The number of halogens is 1. The Kier molecular flexibility index (Phi) is 3.29. The van der Waals surface area contributed by atoms with Gasteiger partial charge in [0.25, 0.3) is 0 Å². The van der Waals surface area contributed by atoms with Crippen molar-refractivity contribution in [3.63, 3.8) is 0 Å². The third-order valence-electron chi connectivity index (χ3n) is 2.75. The Bertz CT molecular complexity index is 602. The SMILES string of the molecule is C#CC(O)(c1ccccc1)c1cc(Cl)ccc1O. The third kappa shape index (κ3) is 2.06. The summed E-state index contributed by atoms with van der Waals surface area (Å²) in [5.41, 5.74) is -0.996. The first-order valence-corrected chi connectivity index (χ1v) is 5.70. The Morgan fingerprint density at radius 3 is 2.39 bits per heavy atom. The standard InChI is InChI=1S/C15H11ClO2/c1-2-15(18,11-6-4-3-5-7-11)13-10-12(16)8-9-14(13)17/h1,3-10,17-18H. The van der Waals surface area contributed by atoms with E-state index in [1.165, 1.54) is 18.2 Å². The van der Waals surface area contributed by atoms with Gasteiger partial charge in [-0.2, -0.15) is 0 Å². The molecule has 2 aromatic rings. The van der Waals surface area contributed by atoms with Crippen molar-refractivity contribution in [2.75, 3.05) is 0 Å². The highest BCUT2D eigenvalue weighted by Crippen LogP contribution is 2.36. The number of aliphatic hydroxyl groups is 1. The molecule has 0 aliphatic heterocycles. The Hall–Kier alpha value is -1.95. The van der Waals surface area contributed by atoms with Crippen LogP contribution in [0.15, 0.2) is 48.5 Å². The van der Waals surface area contributed by atoms with E-state index in [1.807, 2.05) is 6.07 Å². The van der Waals surface area contributed by atoms with Gasteiger partial charge < -0.3 is 10.2 Å². The molecule has 2 rings (SSSR count). The van der Waals surface area contributed by atoms with Gasteiger partial charge in [-0.05, 0) is 18.2 Å². The molecule has 0 radical (unpaired) electrons. The minimum atomic E-state index is -1.70. The van der Waals surface area contributed by atoms with Crippen LogP contribution >= 0.6 is 11.6 Å². The summed E-state index contributed by atoms with van der Waals surface area (Å²) in [6.45, 7) is 0. The zero-order valence-corrected chi connectivity index (χ0v) is 10.2. The number of benzene rings is 2. The van der Waals surface area contributed by atoms with Crippen LogP contribution in [0.4, 0.5) is 0 Å². The molecular formula is C15H11ClO2. The zero-order chi connectivity index (χ0) is 13.2. The van der Waals surface area contributed by atoms with Gasteiger partial charge in [-0.1, -0.05) is 47.9 Å². The predicted molar refractivity (Wildman–Crippen MR) is 71.4 cm³/mol. The number of aromatic hydroxyl groups is 1.